The highest BCUT2D eigenvalue weighted by Crippen LogP contribution is 2.22. The van der Waals surface area contributed by atoms with E-state index in [2.05, 4.69) is 15.9 Å². The lowest BCUT2D eigenvalue weighted by Crippen LogP contribution is -2.36. The average Bonchev–Trinajstić information content (AvgIpc) is 2.09. The summed E-state index contributed by atoms with van der Waals surface area (Å²) in [7, 11) is 0. The molecule has 0 saturated heterocycles. The van der Waals surface area contributed by atoms with Gasteiger partial charge in [0.1, 0.15) is 5.82 Å². The van der Waals surface area contributed by atoms with Crippen LogP contribution in [-0.2, 0) is 5.54 Å². The summed E-state index contributed by atoms with van der Waals surface area (Å²) >= 11 is 3.04. The van der Waals surface area contributed by atoms with Crippen molar-refractivity contribution in [2.24, 2.45) is 5.73 Å². The zero-order valence-corrected chi connectivity index (χ0v) is 8.81. The van der Waals surface area contributed by atoms with Crippen LogP contribution in [0.4, 0.5) is 4.39 Å². The fourth-order valence-electron chi connectivity index (χ4n) is 0.943. The van der Waals surface area contributed by atoms with Gasteiger partial charge in [-0.1, -0.05) is 6.07 Å². The predicted octanol–water partition coefficient (Wildman–Crippen LogP) is 1.75. The summed E-state index contributed by atoms with van der Waals surface area (Å²) in [6.45, 7) is 1.43. The number of benzene rings is 1. The molecule has 0 spiro atoms. The van der Waals surface area contributed by atoms with E-state index in [1.54, 1.807) is 19.1 Å². The number of hydrogen-bond donors (Lipinski definition) is 2. The lowest BCUT2D eigenvalue weighted by molar-refractivity contribution is 0.210. The highest BCUT2D eigenvalue weighted by atomic mass is 79.9. The van der Waals surface area contributed by atoms with E-state index in [1.807, 2.05) is 0 Å². The van der Waals surface area contributed by atoms with E-state index in [0.29, 0.717) is 10.0 Å². The number of halogens is 2. The molecule has 0 amide bonds. The monoisotopic (exact) mass is 247 g/mol. The molecule has 0 heterocycles. The molecule has 4 heteroatoms. The Bertz CT molecular complexity index is 314. The zero-order valence-electron chi connectivity index (χ0n) is 7.22. The lowest BCUT2D eigenvalue weighted by Gasteiger charge is -2.22. The van der Waals surface area contributed by atoms with E-state index >= 15 is 0 Å². The zero-order chi connectivity index (χ0) is 10.1. The van der Waals surface area contributed by atoms with Crippen molar-refractivity contribution in [1.82, 2.24) is 0 Å². The van der Waals surface area contributed by atoms with Crippen molar-refractivity contribution in [1.29, 1.82) is 0 Å². The summed E-state index contributed by atoms with van der Waals surface area (Å²) in [6.07, 6.45) is 0. The van der Waals surface area contributed by atoms with E-state index in [4.69, 9.17) is 10.8 Å². The second-order valence-corrected chi connectivity index (χ2v) is 4.06. The summed E-state index contributed by atoms with van der Waals surface area (Å²) in [5.74, 6) is -0.373. The molecule has 0 bridgehead atoms. The van der Waals surface area contributed by atoms with E-state index in [-0.39, 0.29) is 12.4 Å². The molecule has 13 heavy (non-hydrogen) atoms. The molecule has 1 aromatic carbocycles. The standard InChI is InChI=1S/C9H11BrFNO/c1-9(12,5-13)6-2-3-7(10)8(11)4-6/h2-4,13H,5,12H2,1H3/t9-/m0/s1. The van der Waals surface area contributed by atoms with E-state index < -0.39 is 5.54 Å². The number of hydrogen-bond acceptors (Lipinski definition) is 2. The third-order valence-electron chi connectivity index (χ3n) is 1.91. The van der Waals surface area contributed by atoms with Crippen LogP contribution in [0.3, 0.4) is 0 Å². The van der Waals surface area contributed by atoms with Gasteiger partial charge in [-0.25, -0.2) is 4.39 Å². The van der Waals surface area contributed by atoms with Crippen molar-refractivity contribution >= 4 is 15.9 Å². The molecule has 0 aliphatic rings. The van der Waals surface area contributed by atoms with Crippen molar-refractivity contribution in [3.63, 3.8) is 0 Å². The number of aliphatic hydroxyl groups excluding tert-OH is 1. The van der Waals surface area contributed by atoms with Crippen LogP contribution in [0.1, 0.15) is 12.5 Å². The Kier molecular flexibility index (Phi) is 3.05. The maximum absolute atomic E-state index is 13.1. The van der Waals surface area contributed by atoms with Gasteiger partial charge in [0, 0.05) is 0 Å². The molecule has 1 rings (SSSR count). The SMILES string of the molecule is C[C@](N)(CO)c1ccc(Br)c(F)c1. The second-order valence-electron chi connectivity index (χ2n) is 3.20. The van der Waals surface area contributed by atoms with Crippen LogP contribution in [0.2, 0.25) is 0 Å². The molecule has 3 N–H and O–H groups in total. The van der Waals surface area contributed by atoms with Crippen LogP contribution in [0.25, 0.3) is 0 Å². The minimum atomic E-state index is -0.887. The first-order chi connectivity index (χ1) is 5.97. The molecule has 1 aromatic rings. The molecular formula is C9H11BrFNO. The van der Waals surface area contributed by atoms with Gasteiger partial charge in [0.05, 0.1) is 16.6 Å². The Labute approximate surface area is 84.7 Å². The molecule has 0 radical (unpaired) electrons. The molecule has 0 aromatic heterocycles. The van der Waals surface area contributed by atoms with Gasteiger partial charge in [-0.2, -0.15) is 0 Å². The quantitative estimate of drug-likeness (QED) is 0.837. The smallest absolute Gasteiger partial charge is 0.137 e. The largest absolute Gasteiger partial charge is 0.394 e. The van der Waals surface area contributed by atoms with Crippen LogP contribution < -0.4 is 5.73 Å². The van der Waals surface area contributed by atoms with Gasteiger partial charge in [0.2, 0.25) is 0 Å². The third kappa shape index (κ3) is 2.27. The molecule has 0 fully saturated rings. The van der Waals surface area contributed by atoms with Crippen molar-refractivity contribution in [3.8, 4) is 0 Å². The van der Waals surface area contributed by atoms with E-state index in [1.165, 1.54) is 6.07 Å². The average molecular weight is 248 g/mol. The minimum Gasteiger partial charge on any atom is -0.394 e. The topological polar surface area (TPSA) is 46.2 Å². The Hall–Kier alpha value is -0.450. The first kappa shape index (κ1) is 10.6. The molecule has 72 valence electrons. The van der Waals surface area contributed by atoms with Crippen molar-refractivity contribution < 1.29 is 9.50 Å². The van der Waals surface area contributed by atoms with Crippen LogP contribution in [0, 0.1) is 5.82 Å². The molecule has 0 unspecified atom stereocenters. The molecule has 0 aliphatic carbocycles. The summed E-state index contributed by atoms with van der Waals surface area (Å²) in [5, 5.41) is 8.95. The first-order valence-corrected chi connectivity index (χ1v) is 4.62. The van der Waals surface area contributed by atoms with E-state index in [0.717, 1.165) is 0 Å². The first-order valence-electron chi connectivity index (χ1n) is 3.82. The van der Waals surface area contributed by atoms with Crippen molar-refractivity contribution in [2.45, 2.75) is 12.5 Å². The Morgan fingerprint density at radius 1 is 1.62 bits per heavy atom. The minimum absolute atomic E-state index is 0.214. The van der Waals surface area contributed by atoms with Gasteiger partial charge in [-0.3, -0.25) is 0 Å². The maximum atomic E-state index is 13.1. The van der Waals surface area contributed by atoms with Gasteiger partial charge in [-0.05, 0) is 40.5 Å². The third-order valence-corrected chi connectivity index (χ3v) is 2.55. The van der Waals surface area contributed by atoms with E-state index in [9.17, 15) is 4.39 Å². The van der Waals surface area contributed by atoms with Gasteiger partial charge in [0.25, 0.3) is 0 Å². The van der Waals surface area contributed by atoms with Gasteiger partial charge < -0.3 is 10.8 Å². The van der Waals surface area contributed by atoms with Crippen molar-refractivity contribution in [2.75, 3.05) is 6.61 Å². The summed E-state index contributed by atoms with van der Waals surface area (Å²) in [5.41, 5.74) is 5.42. The summed E-state index contributed by atoms with van der Waals surface area (Å²) in [6, 6.07) is 4.58. The molecule has 0 aliphatic heterocycles. The normalized spacial score (nSPS) is 15.5. The Morgan fingerprint density at radius 2 is 2.23 bits per heavy atom. The van der Waals surface area contributed by atoms with Gasteiger partial charge in [0.15, 0.2) is 0 Å². The maximum Gasteiger partial charge on any atom is 0.137 e. The fraction of sp³-hybridized carbons (Fsp3) is 0.333. The number of nitrogens with two attached hydrogens (primary N) is 1. The van der Waals surface area contributed by atoms with Gasteiger partial charge >= 0.3 is 0 Å². The lowest BCUT2D eigenvalue weighted by atomic mass is 9.94. The molecule has 2 nitrogen and oxygen atoms in total. The van der Waals surface area contributed by atoms with Crippen LogP contribution in [-0.4, -0.2) is 11.7 Å². The molecule has 1 atom stereocenters. The number of aliphatic hydroxyl groups is 1. The van der Waals surface area contributed by atoms with Crippen LogP contribution >= 0.6 is 15.9 Å². The fourth-order valence-corrected chi connectivity index (χ4v) is 1.19. The van der Waals surface area contributed by atoms with Crippen molar-refractivity contribution in [3.05, 3.63) is 34.1 Å². The molecular weight excluding hydrogens is 237 g/mol. The van der Waals surface area contributed by atoms with Crippen LogP contribution in [0.5, 0.6) is 0 Å². The second kappa shape index (κ2) is 3.74. The van der Waals surface area contributed by atoms with Gasteiger partial charge in [-0.15, -0.1) is 0 Å². The Morgan fingerprint density at radius 3 is 2.69 bits per heavy atom. The molecule has 0 saturated carbocycles. The summed E-state index contributed by atoms with van der Waals surface area (Å²) < 4.78 is 13.5. The highest BCUT2D eigenvalue weighted by molar-refractivity contribution is 9.10. The number of rotatable bonds is 2. The Balaban J connectivity index is 3.10. The van der Waals surface area contributed by atoms with Crippen LogP contribution in [0.15, 0.2) is 22.7 Å². The summed E-state index contributed by atoms with van der Waals surface area (Å²) in [4.78, 5) is 0. The predicted molar refractivity (Wildman–Crippen MR) is 52.7 cm³/mol. The highest BCUT2D eigenvalue weighted by Gasteiger charge is 2.20.